The van der Waals surface area contributed by atoms with E-state index in [-0.39, 0.29) is 17.7 Å². The molecule has 0 heterocycles. The van der Waals surface area contributed by atoms with Crippen LogP contribution in [0.3, 0.4) is 0 Å². The average molecular weight is 290 g/mol. The average Bonchev–Trinajstić information content (AvgIpc) is 2.45. The Balaban J connectivity index is 2.17. The van der Waals surface area contributed by atoms with Crippen LogP contribution in [0.2, 0.25) is 0 Å². The molecule has 0 saturated heterocycles. The summed E-state index contributed by atoms with van der Waals surface area (Å²) in [4.78, 5) is 12.3. The monoisotopic (exact) mass is 289 g/mol. The Morgan fingerprint density at radius 2 is 1.95 bits per heavy atom. The smallest absolute Gasteiger partial charge is 0.252 e. The van der Waals surface area contributed by atoms with Crippen LogP contribution in [0.25, 0.3) is 0 Å². The molecule has 0 aliphatic carbocycles. The number of rotatable bonds is 4. The van der Waals surface area contributed by atoms with Crippen molar-refractivity contribution < 1.29 is 9.90 Å². The molecule has 1 amide bonds. The maximum absolute atomic E-state index is 12.3. The first-order chi connectivity index (χ1) is 9.61. The molecule has 2 rings (SSSR count). The number of phenolic OH excluding ortho intramolecular Hbond substituents is 1. The molecule has 0 aromatic heterocycles. The van der Waals surface area contributed by atoms with E-state index in [0.717, 1.165) is 11.1 Å². The third kappa shape index (κ3) is 3.31. The molecule has 3 nitrogen and oxygen atoms in total. The molecule has 2 aromatic carbocycles. The van der Waals surface area contributed by atoms with Crippen molar-refractivity contribution in [3.05, 3.63) is 65.2 Å². The summed E-state index contributed by atoms with van der Waals surface area (Å²) >= 11 is 5.94. The van der Waals surface area contributed by atoms with Crippen LogP contribution in [0.5, 0.6) is 5.75 Å². The second-order valence-corrected chi connectivity index (χ2v) is 4.90. The van der Waals surface area contributed by atoms with Crippen LogP contribution in [0.4, 0.5) is 0 Å². The third-order valence-electron chi connectivity index (χ3n) is 3.12. The lowest BCUT2D eigenvalue weighted by atomic mass is 10.1. The third-order valence-corrected chi connectivity index (χ3v) is 3.42. The van der Waals surface area contributed by atoms with E-state index in [9.17, 15) is 9.90 Å². The maximum atomic E-state index is 12.3. The molecular formula is C16H16ClNO2. The Bertz CT molecular complexity index is 599. The Labute approximate surface area is 123 Å². The number of aromatic hydroxyl groups is 1. The number of alkyl halides is 1. The molecule has 0 fully saturated rings. The van der Waals surface area contributed by atoms with E-state index < -0.39 is 0 Å². The lowest BCUT2D eigenvalue weighted by Gasteiger charge is -2.17. The highest BCUT2D eigenvalue weighted by atomic mass is 35.5. The molecule has 1 atom stereocenters. The van der Waals surface area contributed by atoms with Crippen molar-refractivity contribution in [1.82, 2.24) is 5.32 Å². The summed E-state index contributed by atoms with van der Waals surface area (Å²) in [6.45, 7) is 1.78. The van der Waals surface area contributed by atoms with Crippen LogP contribution in [0, 0.1) is 6.92 Å². The second kappa shape index (κ2) is 6.44. The fourth-order valence-electron chi connectivity index (χ4n) is 2.03. The van der Waals surface area contributed by atoms with Crippen LogP contribution >= 0.6 is 11.6 Å². The van der Waals surface area contributed by atoms with Crippen LogP contribution in [-0.2, 0) is 0 Å². The van der Waals surface area contributed by atoms with E-state index in [2.05, 4.69) is 5.32 Å². The molecule has 2 aromatic rings. The lowest BCUT2D eigenvalue weighted by molar-refractivity contribution is 0.0939. The highest BCUT2D eigenvalue weighted by Gasteiger charge is 2.16. The van der Waals surface area contributed by atoms with Crippen LogP contribution in [0.15, 0.2) is 48.5 Å². The van der Waals surface area contributed by atoms with Gasteiger partial charge in [-0.05, 0) is 36.2 Å². The minimum absolute atomic E-state index is 0.149. The van der Waals surface area contributed by atoms with Gasteiger partial charge in [-0.1, -0.05) is 30.3 Å². The summed E-state index contributed by atoms with van der Waals surface area (Å²) in [5.74, 6) is 0.250. The summed E-state index contributed by atoms with van der Waals surface area (Å²) in [5.41, 5.74) is 2.23. The summed E-state index contributed by atoms with van der Waals surface area (Å²) in [7, 11) is 0. The highest BCUT2D eigenvalue weighted by Crippen LogP contribution is 2.18. The van der Waals surface area contributed by atoms with Gasteiger partial charge in [-0.15, -0.1) is 11.6 Å². The number of benzene rings is 2. The number of hydrogen-bond donors (Lipinski definition) is 2. The molecule has 1 unspecified atom stereocenters. The van der Waals surface area contributed by atoms with Gasteiger partial charge in [-0.3, -0.25) is 4.79 Å². The minimum Gasteiger partial charge on any atom is -0.508 e. The molecule has 0 radical (unpaired) electrons. The van der Waals surface area contributed by atoms with Crippen molar-refractivity contribution in [2.45, 2.75) is 13.0 Å². The first-order valence-corrected chi connectivity index (χ1v) is 6.86. The van der Waals surface area contributed by atoms with Gasteiger partial charge in [0.25, 0.3) is 5.91 Å². The number of hydrogen-bond acceptors (Lipinski definition) is 2. The van der Waals surface area contributed by atoms with Crippen molar-refractivity contribution in [3.8, 4) is 5.75 Å². The Kier molecular flexibility index (Phi) is 4.64. The number of phenols is 1. The number of halogens is 1. The molecule has 0 spiro atoms. The fourth-order valence-corrected chi connectivity index (χ4v) is 2.29. The zero-order chi connectivity index (χ0) is 14.5. The first kappa shape index (κ1) is 14.4. The Hall–Kier alpha value is -2.00. The number of carbonyl (C=O) groups is 1. The largest absolute Gasteiger partial charge is 0.508 e. The highest BCUT2D eigenvalue weighted by molar-refractivity contribution is 6.18. The lowest BCUT2D eigenvalue weighted by Crippen LogP contribution is -2.30. The maximum Gasteiger partial charge on any atom is 0.252 e. The quantitative estimate of drug-likeness (QED) is 0.848. The predicted octanol–water partition coefficient (Wildman–Crippen LogP) is 3.41. The zero-order valence-corrected chi connectivity index (χ0v) is 11.9. The van der Waals surface area contributed by atoms with Gasteiger partial charge in [0.2, 0.25) is 0 Å². The van der Waals surface area contributed by atoms with Gasteiger partial charge in [-0.25, -0.2) is 0 Å². The van der Waals surface area contributed by atoms with E-state index in [1.54, 1.807) is 19.1 Å². The number of carbonyl (C=O) groups excluding carboxylic acids is 1. The van der Waals surface area contributed by atoms with Gasteiger partial charge in [0.1, 0.15) is 5.75 Å². The van der Waals surface area contributed by atoms with Crippen molar-refractivity contribution in [3.63, 3.8) is 0 Å². The standard InChI is InChI=1S/C16H16ClNO2/c1-11-9-13(19)7-8-14(11)16(20)18-15(10-17)12-5-3-2-4-6-12/h2-9,15,19H,10H2,1H3,(H,18,20). The van der Waals surface area contributed by atoms with Crippen molar-refractivity contribution >= 4 is 17.5 Å². The molecule has 0 saturated carbocycles. The van der Waals surface area contributed by atoms with Gasteiger partial charge in [-0.2, -0.15) is 0 Å². The summed E-state index contributed by atoms with van der Waals surface area (Å²) in [6, 6.07) is 14.0. The van der Waals surface area contributed by atoms with Gasteiger partial charge < -0.3 is 10.4 Å². The predicted molar refractivity (Wildman–Crippen MR) is 80.2 cm³/mol. The van der Waals surface area contributed by atoms with Crippen LogP contribution in [0.1, 0.15) is 27.5 Å². The Morgan fingerprint density at radius 3 is 2.55 bits per heavy atom. The molecule has 104 valence electrons. The van der Waals surface area contributed by atoms with Crippen molar-refractivity contribution in [1.29, 1.82) is 0 Å². The van der Waals surface area contributed by atoms with Gasteiger partial charge >= 0.3 is 0 Å². The topological polar surface area (TPSA) is 49.3 Å². The molecule has 0 bridgehead atoms. The molecular weight excluding hydrogens is 274 g/mol. The SMILES string of the molecule is Cc1cc(O)ccc1C(=O)NC(CCl)c1ccccc1. The molecule has 20 heavy (non-hydrogen) atoms. The van der Waals surface area contributed by atoms with E-state index in [0.29, 0.717) is 11.4 Å². The molecule has 2 N–H and O–H groups in total. The Morgan fingerprint density at radius 1 is 1.25 bits per heavy atom. The first-order valence-electron chi connectivity index (χ1n) is 6.33. The molecule has 4 heteroatoms. The van der Waals surface area contributed by atoms with Crippen molar-refractivity contribution in [2.24, 2.45) is 0 Å². The molecule has 0 aliphatic rings. The van der Waals surface area contributed by atoms with Gasteiger partial charge in [0.15, 0.2) is 0 Å². The second-order valence-electron chi connectivity index (χ2n) is 4.59. The summed E-state index contributed by atoms with van der Waals surface area (Å²) in [6.07, 6.45) is 0. The van der Waals surface area contributed by atoms with E-state index in [1.165, 1.54) is 6.07 Å². The van der Waals surface area contributed by atoms with E-state index >= 15 is 0 Å². The summed E-state index contributed by atoms with van der Waals surface area (Å²) in [5, 5.41) is 12.3. The van der Waals surface area contributed by atoms with Gasteiger partial charge in [0.05, 0.1) is 6.04 Å². The molecule has 0 aliphatic heterocycles. The van der Waals surface area contributed by atoms with Crippen LogP contribution < -0.4 is 5.32 Å². The van der Waals surface area contributed by atoms with E-state index in [4.69, 9.17) is 11.6 Å². The number of aryl methyl sites for hydroxylation is 1. The summed E-state index contributed by atoms with van der Waals surface area (Å²) < 4.78 is 0. The number of amides is 1. The van der Waals surface area contributed by atoms with E-state index in [1.807, 2.05) is 30.3 Å². The minimum atomic E-state index is -0.237. The normalized spacial score (nSPS) is 11.9. The van der Waals surface area contributed by atoms with Gasteiger partial charge in [0, 0.05) is 11.4 Å². The fraction of sp³-hybridized carbons (Fsp3) is 0.188. The van der Waals surface area contributed by atoms with Crippen molar-refractivity contribution in [2.75, 3.05) is 5.88 Å². The zero-order valence-electron chi connectivity index (χ0n) is 11.1. The van der Waals surface area contributed by atoms with Crippen LogP contribution in [-0.4, -0.2) is 16.9 Å². The number of nitrogens with one attached hydrogen (secondary N) is 1.